The number of nitrogens with zero attached hydrogens (tertiary/aromatic N) is 5. The predicted molar refractivity (Wildman–Crippen MR) is 117 cm³/mol. The van der Waals surface area contributed by atoms with Crippen LogP contribution < -0.4 is 0 Å². The molecule has 4 aromatic rings. The average molecular weight is 438 g/mol. The van der Waals surface area contributed by atoms with Gasteiger partial charge in [-0.05, 0) is 24.6 Å². The average Bonchev–Trinajstić information content (AvgIpc) is 3.49. The minimum atomic E-state index is -0.143. The number of piperazine rings is 1. The van der Waals surface area contributed by atoms with Gasteiger partial charge in [0.1, 0.15) is 0 Å². The van der Waals surface area contributed by atoms with Crippen molar-refractivity contribution in [3.05, 3.63) is 58.7 Å². The molecule has 9 heteroatoms. The maximum atomic E-state index is 11.8. The van der Waals surface area contributed by atoms with E-state index in [0.29, 0.717) is 29.6 Å². The first-order valence-corrected chi connectivity index (χ1v) is 11.0. The van der Waals surface area contributed by atoms with Crippen LogP contribution in [-0.2, 0) is 4.79 Å². The molecule has 0 bridgehead atoms. The molecule has 4 heterocycles. The first-order valence-electron chi connectivity index (χ1n) is 10.2. The van der Waals surface area contributed by atoms with Crippen molar-refractivity contribution >= 4 is 22.2 Å². The highest BCUT2D eigenvalue weighted by Gasteiger charge is 2.32. The number of hydrogen-bond acceptors (Lipinski definition) is 7. The molecule has 0 spiro atoms. The number of fused-ring (bicyclic) bond motifs is 1. The summed E-state index contributed by atoms with van der Waals surface area (Å²) >= 11 is 1.43. The van der Waals surface area contributed by atoms with Crippen molar-refractivity contribution in [2.45, 2.75) is 19.9 Å². The molecule has 0 aliphatic carbocycles. The normalized spacial score (nSPS) is 16.1. The van der Waals surface area contributed by atoms with Crippen LogP contribution in [0, 0.1) is 6.92 Å². The van der Waals surface area contributed by atoms with Gasteiger partial charge in [0, 0.05) is 33.1 Å². The number of benzene rings is 1. The summed E-state index contributed by atoms with van der Waals surface area (Å²) in [6.07, 6.45) is 1.57. The van der Waals surface area contributed by atoms with Gasteiger partial charge in [-0.1, -0.05) is 41.2 Å². The van der Waals surface area contributed by atoms with Gasteiger partial charge in [0.05, 0.1) is 17.2 Å². The molecule has 1 atom stereocenters. The van der Waals surface area contributed by atoms with Crippen LogP contribution in [0.15, 0.2) is 47.1 Å². The molecule has 1 saturated heterocycles. The Morgan fingerprint density at radius 3 is 2.52 bits per heavy atom. The summed E-state index contributed by atoms with van der Waals surface area (Å²) < 4.78 is 6.86. The van der Waals surface area contributed by atoms with Gasteiger partial charge in [-0.25, -0.2) is 0 Å². The topological polar surface area (TPSA) is 87.1 Å². The van der Waals surface area contributed by atoms with Crippen LogP contribution >= 0.6 is 11.3 Å². The van der Waals surface area contributed by atoms with E-state index in [4.69, 9.17) is 4.42 Å². The number of aromatic hydroxyl groups is 1. The fourth-order valence-electron chi connectivity index (χ4n) is 4.01. The van der Waals surface area contributed by atoms with Crippen molar-refractivity contribution in [1.82, 2.24) is 24.4 Å². The molecule has 1 aliphatic rings. The van der Waals surface area contributed by atoms with E-state index >= 15 is 0 Å². The van der Waals surface area contributed by atoms with Crippen molar-refractivity contribution < 1.29 is 14.3 Å². The maximum absolute atomic E-state index is 11.8. The van der Waals surface area contributed by atoms with E-state index in [-0.39, 0.29) is 17.8 Å². The molecule has 1 fully saturated rings. The Morgan fingerprint density at radius 1 is 1.16 bits per heavy atom. The fourth-order valence-corrected chi connectivity index (χ4v) is 5.13. The van der Waals surface area contributed by atoms with Crippen LogP contribution in [0.2, 0.25) is 0 Å². The molecule has 0 unspecified atom stereocenters. The van der Waals surface area contributed by atoms with Gasteiger partial charge >= 0.3 is 0 Å². The zero-order valence-electron chi connectivity index (χ0n) is 17.4. The third-order valence-corrected chi connectivity index (χ3v) is 6.78. The quantitative estimate of drug-likeness (QED) is 0.527. The summed E-state index contributed by atoms with van der Waals surface area (Å²) in [6, 6.07) is 11.8. The number of hydrogen-bond donors (Lipinski definition) is 1. The number of aromatic nitrogens is 3. The fraction of sp³-hybridized carbons (Fsp3) is 0.318. The SMILES string of the molecule is CC(=O)N1CCN([C@H](c2ccc(C)cc2)c2sc3nc(-c4ccco4)nn3c2O)CC1. The van der Waals surface area contributed by atoms with E-state index in [1.165, 1.54) is 21.4 Å². The van der Waals surface area contributed by atoms with Gasteiger partial charge in [-0.3, -0.25) is 9.69 Å². The molecular weight excluding hydrogens is 414 g/mol. The monoisotopic (exact) mass is 437 g/mol. The number of thiazole rings is 1. The van der Waals surface area contributed by atoms with Crippen LogP contribution in [0.5, 0.6) is 5.88 Å². The van der Waals surface area contributed by atoms with Crippen molar-refractivity contribution in [3.63, 3.8) is 0 Å². The van der Waals surface area contributed by atoms with Crippen molar-refractivity contribution in [3.8, 4) is 17.5 Å². The second-order valence-electron chi connectivity index (χ2n) is 7.75. The van der Waals surface area contributed by atoms with Gasteiger partial charge in [-0.2, -0.15) is 9.50 Å². The van der Waals surface area contributed by atoms with Gasteiger partial charge in [-0.15, -0.1) is 5.10 Å². The molecule has 31 heavy (non-hydrogen) atoms. The zero-order chi connectivity index (χ0) is 21.5. The van der Waals surface area contributed by atoms with Gasteiger partial charge < -0.3 is 14.4 Å². The Bertz CT molecular complexity index is 1200. The first-order chi connectivity index (χ1) is 15.0. The lowest BCUT2D eigenvalue weighted by molar-refractivity contribution is -0.130. The third kappa shape index (κ3) is 3.60. The van der Waals surface area contributed by atoms with E-state index in [9.17, 15) is 9.90 Å². The lowest BCUT2D eigenvalue weighted by Crippen LogP contribution is -2.49. The standard InChI is InChI=1S/C22H23N5O3S/c1-14-5-7-16(8-6-14)18(26-11-9-25(10-12-26)15(2)28)19-21(29)27-22(31-19)23-20(24-27)17-4-3-13-30-17/h3-8,13,18,29H,9-12H2,1-2H3/t18-/m1/s1. The lowest BCUT2D eigenvalue weighted by atomic mass is 10.0. The Balaban J connectivity index is 1.54. The maximum Gasteiger partial charge on any atom is 0.230 e. The van der Waals surface area contributed by atoms with Crippen LogP contribution in [-0.4, -0.2) is 61.6 Å². The van der Waals surface area contributed by atoms with E-state index in [1.54, 1.807) is 25.3 Å². The van der Waals surface area contributed by atoms with Crippen LogP contribution in [0.4, 0.5) is 0 Å². The summed E-state index contributed by atoms with van der Waals surface area (Å²) in [6.45, 7) is 6.45. The van der Waals surface area contributed by atoms with Crippen molar-refractivity contribution in [1.29, 1.82) is 0 Å². The first kappa shape index (κ1) is 19.8. The highest BCUT2D eigenvalue weighted by Crippen LogP contribution is 2.40. The highest BCUT2D eigenvalue weighted by molar-refractivity contribution is 7.17. The Hall–Kier alpha value is -3.17. The smallest absolute Gasteiger partial charge is 0.230 e. The third-order valence-electron chi connectivity index (χ3n) is 5.71. The number of carbonyl (C=O) groups excluding carboxylic acids is 1. The second-order valence-corrected chi connectivity index (χ2v) is 8.76. The molecular formula is C22H23N5O3S. The summed E-state index contributed by atoms with van der Waals surface area (Å²) in [5, 5.41) is 15.6. The summed E-state index contributed by atoms with van der Waals surface area (Å²) in [5.41, 5.74) is 2.27. The molecule has 1 aromatic carbocycles. The van der Waals surface area contributed by atoms with Crippen LogP contribution in [0.25, 0.3) is 16.5 Å². The zero-order valence-corrected chi connectivity index (χ0v) is 18.2. The molecule has 160 valence electrons. The molecule has 0 radical (unpaired) electrons. The van der Waals surface area contributed by atoms with Crippen molar-refractivity contribution in [2.75, 3.05) is 26.2 Å². The predicted octanol–water partition coefficient (Wildman–Crippen LogP) is 3.32. The number of carbonyl (C=O) groups is 1. The number of aryl methyl sites for hydroxylation is 1. The Kier molecular flexibility index (Phi) is 4.99. The number of rotatable bonds is 4. The molecule has 8 nitrogen and oxygen atoms in total. The minimum Gasteiger partial charge on any atom is -0.492 e. The molecule has 0 saturated carbocycles. The van der Waals surface area contributed by atoms with E-state index in [1.807, 2.05) is 4.90 Å². The molecule has 3 aromatic heterocycles. The van der Waals surface area contributed by atoms with E-state index in [0.717, 1.165) is 23.5 Å². The summed E-state index contributed by atoms with van der Waals surface area (Å²) in [7, 11) is 0. The summed E-state index contributed by atoms with van der Waals surface area (Å²) in [4.78, 5) is 21.9. The molecule has 1 aliphatic heterocycles. The second kappa shape index (κ2) is 7.82. The van der Waals surface area contributed by atoms with E-state index in [2.05, 4.69) is 46.2 Å². The Labute approximate surface area is 183 Å². The molecule has 1 N–H and O–H groups in total. The molecule has 5 rings (SSSR count). The van der Waals surface area contributed by atoms with Gasteiger partial charge in [0.25, 0.3) is 0 Å². The minimum absolute atomic E-state index is 0.0879. The van der Waals surface area contributed by atoms with Crippen molar-refractivity contribution in [2.24, 2.45) is 0 Å². The largest absolute Gasteiger partial charge is 0.492 e. The summed E-state index contributed by atoms with van der Waals surface area (Å²) in [5.74, 6) is 1.19. The van der Waals surface area contributed by atoms with Gasteiger partial charge in [0.15, 0.2) is 5.76 Å². The number of furan rings is 1. The Morgan fingerprint density at radius 2 is 1.90 bits per heavy atom. The van der Waals surface area contributed by atoms with Gasteiger partial charge in [0.2, 0.25) is 22.6 Å². The van der Waals surface area contributed by atoms with Crippen LogP contribution in [0.1, 0.15) is 29.0 Å². The lowest BCUT2D eigenvalue weighted by Gasteiger charge is -2.38. The molecule has 1 amide bonds. The highest BCUT2D eigenvalue weighted by atomic mass is 32.1. The van der Waals surface area contributed by atoms with Crippen LogP contribution in [0.3, 0.4) is 0 Å². The number of amides is 1. The van der Waals surface area contributed by atoms with E-state index < -0.39 is 0 Å².